The normalized spacial score (nSPS) is 19.8. The number of carbonyl (C=O) groups excluding carboxylic acids is 1. The molecule has 0 atom stereocenters. The molecule has 0 N–H and O–H groups in total. The average Bonchev–Trinajstić information content (AvgIpc) is 2.47. The highest BCUT2D eigenvalue weighted by Gasteiger charge is 2.29. The first-order valence-electron chi connectivity index (χ1n) is 8.11. The van der Waals surface area contributed by atoms with Crippen molar-refractivity contribution in [3.8, 4) is 0 Å². The van der Waals surface area contributed by atoms with Crippen LogP contribution in [-0.4, -0.2) is 47.5 Å². The van der Waals surface area contributed by atoms with Gasteiger partial charge in [-0.15, -0.1) is 0 Å². The van der Waals surface area contributed by atoms with Crippen LogP contribution in [0.4, 0.5) is 5.95 Å². The van der Waals surface area contributed by atoms with Crippen LogP contribution in [0.15, 0.2) is 16.9 Å². The van der Waals surface area contributed by atoms with Crippen LogP contribution < -0.4 is 4.90 Å². The van der Waals surface area contributed by atoms with Crippen LogP contribution in [0.2, 0.25) is 0 Å². The lowest BCUT2D eigenvalue weighted by atomic mass is 9.84. The van der Waals surface area contributed by atoms with E-state index in [0.29, 0.717) is 17.7 Å². The van der Waals surface area contributed by atoms with Gasteiger partial charge in [0.1, 0.15) is 0 Å². The van der Waals surface area contributed by atoms with Gasteiger partial charge in [0.25, 0.3) is 0 Å². The summed E-state index contributed by atoms with van der Waals surface area (Å²) < 4.78 is 0.905. The molecule has 5 nitrogen and oxygen atoms in total. The second-order valence-corrected chi connectivity index (χ2v) is 7.39. The highest BCUT2D eigenvalue weighted by Crippen LogP contribution is 2.29. The Morgan fingerprint density at radius 1 is 1.27 bits per heavy atom. The van der Waals surface area contributed by atoms with Crippen molar-refractivity contribution in [3.05, 3.63) is 16.9 Å². The predicted octanol–water partition coefficient (Wildman–Crippen LogP) is 2.71. The summed E-state index contributed by atoms with van der Waals surface area (Å²) in [7, 11) is 1.96. The number of rotatable bonds is 4. The fraction of sp³-hybridized carbons (Fsp3) is 0.688. The van der Waals surface area contributed by atoms with Gasteiger partial charge in [-0.1, -0.05) is 6.42 Å². The van der Waals surface area contributed by atoms with Gasteiger partial charge in [0.2, 0.25) is 11.9 Å². The molecule has 120 valence electrons. The smallest absolute Gasteiger partial charge is 0.225 e. The van der Waals surface area contributed by atoms with E-state index in [2.05, 4.69) is 30.8 Å². The molecule has 6 heteroatoms. The Morgan fingerprint density at radius 2 is 1.91 bits per heavy atom. The first kappa shape index (κ1) is 15.7. The average molecular weight is 367 g/mol. The molecule has 3 rings (SSSR count). The number of amides is 1. The minimum Gasteiger partial charge on any atom is -0.345 e. The highest BCUT2D eigenvalue weighted by molar-refractivity contribution is 9.10. The van der Waals surface area contributed by atoms with Crippen LogP contribution in [0.3, 0.4) is 0 Å². The summed E-state index contributed by atoms with van der Waals surface area (Å²) in [5.41, 5.74) is 0. The highest BCUT2D eigenvalue weighted by atomic mass is 79.9. The van der Waals surface area contributed by atoms with Gasteiger partial charge in [-0.3, -0.25) is 4.79 Å². The van der Waals surface area contributed by atoms with Crippen LogP contribution in [0.25, 0.3) is 0 Å². The molecule has 22 heavy (non-hydrogen) atoms. The number of anilines is 1. The fourth-order valence-electron chi connectivity index (χ4n) is 3.23. The van der Waals surface area contributed by atoms with E-state index in [9.17, 15) is 4.79 Å². The van der Waals surface area contributed by atoms with Gasteiger partial charge >= 0.3 is 0 Å². The number of hydrogen-bond acceptors (Lipinski definition) is 4. The Kier molecular flexibility index (Phi) is 4.96. The Balaban J connectivity index is 1.47. The van der Waals surface area contributed by atoms with Crippen LogP contribution in [0.1, 0.15) is 32.1 Å². The number of aromatic nitrogens is 2. The number of piperidine rings is 1. The topological polar surface area (TPSA) is 49.3 Å². The second-order valence-electron chi connectivity index (χ2n) is 6.48. The largest absolute Gasteiger partial charge is 0.345 e. The fourth-order valence-corrected chi connectivity index (χ4v) is 3.43. The molecular weight excluding hydrogens is 344 g/mol. The summed E-state index contributed by atoms with van der Waals surface area (Å²) >= 11 is 3.36. The van der Waals surface area contributed by atoms with Crippen LogP contribution in [0.5, 0.6) is 0 Å². The molecule has 0 spiro atoms. The van der Waals surface area contributed by atoms with E-state index >= 15 is 0 Å². The molecular formula is C16H23BrN4O. The van der Waals surface area contributed by atoms with E-state index in [0.717, 1.165) is 55.7 Å². The number of carbonyl (C=O) groups is 1. The summed E-state index contributed by atoms with van der Waals surface area (Å²) in [6.45, 7) is 2.83. The molecule has 2 fully saturated rings. The Morgan fingerprint density at radius 3 is 2.45 bits per heavy atom. The van der Waals surface area contributed by atoms with Crippen LogP contribution in [0, 0.1) is 11.8 Å². The van der Waals surface area contributed by atoms with Gasteiger partial charge in [-0.2, -0.15) is 0 Å². The van der Waals surface area contributed by atoms with E-state index in [1.807, 2.05) is 11.9 Å². The van der Waals surface area contributed by atoms with Gasteiger partial charge < -0.3 is 9.80 Å². The summed E-state index contributed by atoms with van der Waals surface area (Å²) in [4.78, 5) is 25.1. The Hall–Kier alpha value is -1.17. The monoisotopic (exact) mass is 366 g/mol. The van der Waals surface area contributed by atoms with Crippen LogP contribution in [-0.2, 0) is 4.79 Å². The minimum atomic E-state index is 0.307. The van der Waals surface area contributed by atoms with E-state index in [1.165, 1.54) is 6.42 Å². The molecule has 1 aliphatic carbocycles. The van der Waals surface area contributed by atoms with Gasteiger partial charge in [0, 0.05) is 45.0 Å². The maximum Gasteiger partial charge on any atom is 0.225 e. The number of nitrogens with zero attached hydrogens (tertiary/aromatic N) is 4. The van der Waals surface area contributed by atoms with Crippen molar-refractivity contribution in [3.63, 3.8) is 0 Å². The first-order valence-corrected chi connectivity index (χ1v) is 8.90. The Labute approximate surface area is 140 Å². The zero-order valence-corrected chi connectivity index (χ0v) is 14.6. The van der Waals surface area contributed by atoms with Crippen molar-refractivity contribution < 1.29 is 4.79 Å². The zero-order valence-electron chi connectivity index (χ0n) is 13.0. The molecule has 2 aliphatic rings. The van der Waals surface area contributed by atoms with E-state index in [1.54, 1.807) is 12.4 Å². The lowest BCUT2D eigenvalue weighted by Gasteiger charge is -2.35. The zero-order chi connectivity index (χ0) is 15.5. The van der Waals surface area contributed by atoms with Gasteiger partial charge in [-0.25, -0.2) is 9.97 Å². The van der Waals surface area contributed by atoms with Gasteiger partial charge in [-0.05, 0) is 47.5 Å². The van der Waals surface area contributed by atoms with Gasteiger partial charge in [0.15, 0.2) is 0 Å². The summed E-state index contributed by atoms with van der Waals surface area (Å²) in [6.07, 6.45) is 9.17. The van der Waals surface area contributed by atoms with E-state index in [-0.39, 0.29) is 0 Å². The molecule has 2 heterocycles. The number of halogens is 1. The van der Waals surface area contributed by atoms with Crippen molar-refractivity contribution in [1.82, 2.24) is 14.9 Å². The quantitative estimate of drug-likeness (QED) is 0.821. The Bertz CT molecular complexity index is 509. The lowest BCUT2D eigenvalue weighted by Crippen LogP contribution is -2.42. The van der Waals surface area contributed by atoms with Crippen molar-refractivity contribution in [2.24, 2.45) is 11.8 Å². The molecule has 1 aliphatic heterocycles. The third-order valence-electron chi connectivity index (χ3n) is 4.87. The molecule has 0 bridgehead atoms. The standard InChI is InChI=1S/C16H23BrN4O/c1-20(15(22)13-3-2-4-13)11-12-5-7-21(8-6-12)16-18-9-14(17)10-19-16/h9-10,12-13H,2-8,11H2,1H3. The third-order valence-corrected chi connectivity index (χ3v) is 5.28. The molecule has 1 aromatic heterocycles. The molecule has 0 aromatic carbocycles. The first-order chi connectivity index (χ1) is 10.6. The summed E-state index contributed by atoms with van der Waals surface area (Å²) in [6, 6.07) is 0. The molecule has 1 saturated heterocycles. The molecule has 1 aromatic rings. The maximum atomic E-state index is 12.2. The lowest BCUT2D eigenvalue weighted by molar-refractivity contribution is -0.137. The molecule has 1 saturated carbocycles. The minimum absolute atomic E-state index is 0.307. The number of hydrogen-bond donors (Lipinski definition) is 0. The predicted molar refractivity (Wildman–Crippen MR) is 89.6 cm³/mol. The summed E-state index contributed by atoms with van der Waals surface area (Å²) in [5.74, 6) is 2.06. The van der Waals surface area contributed by atoms with Crippen molar-refractivity contribution in [1.29, 1.82) is 0 Å². The van der Waals surface area contributed by atoms with Crippen molar-refractivity contribution >= 4 is 27.8 Å². The van der Waals surface area contributed by atoms with Crippen molar-refractivity contribution in [2.45, 2.75) is 32.1 Å². The van der Waals surface area contributed by atoms with Crippen molar-refractivity contribution in [2.75, 3.05) is 31.6 Å². The maximum absolute atomic E-state index is 12.2. The molecule has 0 radical (unpaired) electrons. The molecule has 0 unspecified atom stereocenters. The summed E-state index contributed by atoms with van der Waals surface area (Å²) in [5, 5.41) is 0. The van der Waals surface area contributed by atoms with E-state index < -0.39 is 0 Å². The van der Waals surface area contributed by atoms with E-state index in [4.69, 9.17) is 0 Å². The SMILES string of the molecule is CN(CC1CCN(c2ncc(Br)cn2)CC1)C(=O)C1CCC1. The van der Waals surface area contributed by atoms with Crippen LogP contribution >= 0.6 is 15.9 Å². The molecule has 1 amide bonds. The second kappa shape index (κ2) is 6.94. The van der Waals surface area contributed by atoms with Gasteiger partial charge in [0.05, 0.1) is 4.47 Å². The third kappa shape index (κ3) is 3.59.